The lowest BCUT2D eigenvalue weighted by Gasteiger charge is -2.29. The highest BCUT2D eigenvalue weighted by Crippen LogP contribution is 2.40. The van der Waals surface area contributed by atoms with E-state index in [-0.39, 0.29) is 18.1 Å². The molecule has 1 aliphatic heterocycles. The van der Waals surface area contributed by atoms with Gasteiger partial charge in [0.1, 0.15) is 0 Å². The molecule has 3 unspecified atom stereocenters. The number of benzene rings is 1. The molecule has 1 N–H and O–H groups in total. The molecule has 0 amide bonds. The molecule has 0 bridgehead atoms. The average molecular weight is 287 g/mol. The van der Waals surface area contributed by atoms with E-state index in [2.05, 4.69) is 5.32 Å². The summed E-state index contributed by atoms with van der Waals surface area (Å²) in [6.45, 7) is 2.63. The highest BCUT2D eigenvalue weighted by molar-refractivity contribution is 5.33. The number of halogens is 3. The zero-order chi connectivity index (χ0) is 14.8. The molecule has 1 saturated heterocycles. The Hall–Kier alpha value is -1.07. The molecule has 1 fully saturated rings. The second-order valence-corrected chi connectivity index (χ2v) is 5.12. The van der Waals surface area contributed by atoms with Crippen LogP contribution in [0.15, 0.2) is 24.3 Å². The van der Waals surface area contributed by atoms with Crippen LogP contribution in [0.2, 0.25) is 0 Å². The quantitative estimate of drug-likeness (QED) is 0.910. The molecule has 1 heterocycles. The maximum Gasteiger partial charge on any atom is 0.416 e. The van der Waals surface area contributed by atoms with E-state index < -0.39 is 11.7 Å². The van der Waals surface area contributed by atoms with Crippen molar-refractivity contribution in [2.24, 2.45) is 5.92 Å². The van der Waals surface area contributed by atoms with Gasteiger partial charge in [-0.15, -0.1) is 0 Å². The van der Waals surface area contributed by atoms with Crippen LogP contribution < -0.4 is 5.32 Å². The second-order valence-electron chi connectivity index (χ2n) is 5.12. The van der Waals surface area contributed by atoms with E-state index in [1.54, 1.807) is 19.2 Å². The number of rotatable bonds is 4. The fraction of sp³-hybridized carbons (Fsp3) is 0.600. The summed E-state index contributed by atoms with van der Waals surface area (Å²) in [5.41, 5.74) is -0.238. The van der Waals surface area contributed by atoms with Crippen LogP contribution in [-0.2, 0) is 10.9 Å². The normalized spacial score (nSPS) is 24.9. The fourth-order valence-electron chi connectivity index (χ4n) is 3.09. The summed E-state index contributed by atoms with van der Waals surface area (Å²) in [6, 6.07) is 5.47. The van der Waals surface area contributed by atoms with Gasteiger partial charge in [0, 0.05) is 18.6 Å². The number of hydrogen-bond donors (Lipinski definition) is 1. The SMILES string of the molecule is CCC1OCCC1C(NC)c1ccccc1C(F)(F)F. The van der Waals surface area contributed by atoms with Gasteiger partial charge in [-0.05, 0) is 31.5 Å². The summed E-state index contributed by atoms with van der Waals surface area (Å²) in [5.74, 6) is 0.0773. The van der Waals surface area contributed by atoms with Gasteiger partial charge in [0.05, 0.1) is 11.7 Å². The van der Waals surface area contributed by atoms with Gasteiger partial charge >= 0.3 is 6.18 Å². The Morgan fingerprint density at radius 3 is 2.65 bits per heavy atom. The molecule has 0 aliphatic carbocycles. The molecule has 0 saturated carbocycles. The molecule has 1 aromatic carbocycles. The van der Waals surface area contributed by atoms with Crippen molar-refractivity contribution < 1.29 is 17.9 Å². The highest BCUT2D eigenvalue weighted by Gasteiger charge is 2.39. The van der Waals surface area contributed by atoms with Crippen LogP contribution in [0, 0.1) is 5.92 Å². The minimum Gasteiger partial charge on any atom is -0.378 e. The first kappa shape index (κ1) is 15.3. The van der Waals surface area contributed by atoms with Crippen LogP contribution in [0.3, 0.4) is 0 Å². The standard InChI is InChI=1S/C15H20F3NO/c1-3-13-11(8-9-20-13)14(19-2)10-6-4-5-7-12(10)15(16,17)18/h4-7,11,13-14,19H,3,8-9H2,1-2H3. The predicted octanol–water partition coefficient (Wildman–Crippen LogP) is 3.78. The van der Waals surface area contributed by atoms with Crippen molar-refractivity contribution in [3.05, 3.63) is 35.4 Å². The summed E-state index contributed by atoms with van der Waals surface area (Å²) in [7, 11) is 1.71. The van der Waals surface area contributed by atoms with Crippen LogP contribution in [0.4, 0.5) is 13.2 Å². The molecule has 5 heteroatoms. The molecule has 3 atom stereocenters. The first-order valence-corrected chi connectivity index (χ1v) is 6.94. The maximum absolute atomic E-state index is 13.2. The summed E-state index contributed by atoms with van der Waals surface area (Å²) in [5, 5.41) is 3.06. The van der Waals surface area contributed by atoms with Gasteiger partial charge in [-0.3, -0.25) is 0 Å². The minimum absolute atomic E-state index is 0.0220. The Morgan fingerprint density at radius 2 is 2.05 bits per heavy atom. The third-order valence-electron chi connectivity index (χ3n) is 4.00. The molecule has 2 nitrogen and oxygen atoms in total. The van der Waals surface area contributed by atoms with Crippen molar-refractivity contribution in [2.75, 3.05) is 13.7 Å². The summed E-state index contributed by atoms with van der Waals surface area (Å²) in [6.07, 6.45) is -2.70. The first-order chi connectivity index (χ1) is 9.49. The van der Waals surface area contributed by atoms with Gasteiger partial charge < -0.3 is 10.1 Å². The van der Waals surface area contributed by atoms with E-state index in [4.69, 9.17) is 4.74 Å². The van der Waals surface area contributed by atoms with Gasteiger partial charge in [0.2, 0.25) is 0 Å². The number of ether oxygens (including phenoxy) is 1. The molecular weight excluding hydrogens is 267 g/mol. The third kappa shape index (κ3) is 2.99. The largest absolute Gasteiger partial charge is 0.416 e. The Labute approximate surface area is 117 Å². The van der Waals surface area contributed by atoms with E-state index in [0.29, 0.717) is 12.2 Å². The molecular formula is C15H20F3NO. The molecule has 1 aliphatic rings. The average Bonchev–Trinajstić information content (AvgIpc) is 2.87. The van der Waals surface area contributed by atoms with Crippen LogP contribution in [0.1, 0.15) is 36.9 Å². The molecule has 0 aromatic heterocycles. The van der Waals surface area contributed by atoms with Crippen molar-refractivity contribution in [3.63, 3.8) is 0 Å². The Morgan fingerprint density at radius 1 is 1.35 bits per heavy atom. The lowest BCUT2D eigenvalue weighted by molar-refractivity contribution is -0.138. The zero-order valence-electron chi connectivity index (χ0n) is 11.7. The third-order valence-corrected chi connectivity index (χ3v) is 4.00. The lowest BCUT2D eigenvalue weighted by Crippen LogP contribution is -2.32. The number of hydrogen-bond acceptors (Lipinski definition) is 2. The second kappa shape index (κ2) is 6.14. The van der Waals surface area contributed by atoms with Crippen LogP contribution in [0.5, 0.6) is 0 Å². The highest BCUT2D eigenvalue weighted by atomic mass is 19.4. The van der Waals surface area contributed by atoms with E-state index in [9.17, 15) is 13.2 Å². The first-order valence-electron chi connectivity index (χ1n) is 6.94. The van der Waals surface area contributed by atoms with Crippen LogP contribution in [0.25, 0.3) is 0 Å². The summed E-state index contributed by atoms with van der Waals surface area (Å²) >= 11 is 0. The summed E-state index contributed by atoms with van der Waals surface area (Å²) in [4.78, 5) is 0. The molecule has 0 spiro atoms. The molecule has 2 rings (SSSR count). The van der Waals surface area contributed by atoms with Gasteiger partial charge in [-0.2, -0.15) is 13.2 Å². The number of alkyl halides is 3. The number of nitrogens with one attached hydrogen (secondary N) is 1. The van der Waals surface area contributed by atoms with Crippen LogP contribution >= 0.6 is 0 Å². The topological polar surface area (TPSA) is 21.3 Å². The molecule has 1 aromatic rings. The van der Waals surface area contributed by atoms with E-state index in [0.717, 1.165) is 18.9 Å². The van der Waals surface area contributed by atoms with Gasteiger partial charge in [0.15, 0.2) is 0 Å². The van der Waals surface area contributed by atoms with E-state index in [1.807, 2.05) is 6.92 Å². The minimum atomic E-state index is -4.33. The smallest absolute Gasteiger partial charge is 0.378 e. The Bertz CT molecular complexity index is 447. The predicted molar refractivity (Wildman–Crippen MR) is 71.4 cm³/mol. The van der Waals surface area contributed by atoms with Crippen molar-refractivity contribution in [3.8, 4) is 0 Å². The fourth-order valence-corrected chi connectivity index (χ4v) is 3.09. The van der Waals surface area contributed by atoms with Gasteiger partial charge in [-0.1, -0.05) is 25.1 Å². The summed E-state index contributed by atoms with van der Waals surface area (Å²) < 4.78 is 45.1. The lowest BCUT2D eigenvalue weighted by atomic mass is 9.84. The van der Waals surface area contributed by atoms with Crippen molar-refractivity contribution >= 4 is 0 Å². The monoisotopic (exact) mass is 287 g/mol. The molecule has 20 heavy (non-hydrogen) atoms. The Balaban J connectivity index is 2.37. The Kier molecular flexibility index (Phi) is 4.70. The zero-order valence-corrected chi connectivity index (χ0v) is 11.7. The van der Waals surface area contributed by atoms with E-state index in [1.165, 1.54) is 6.07 Å². The maximum atomic E-state index is 13.2. The van der Waals surface area contributed by atoms with Crippen molar-refractivity contribution in [1.29, 1.82) is 0 Å². The van der Waals surface area contributed by atoms with E-state index >= 15 is 0 Å². The van der Waals surface area contributed by atoms with Crippen LogP contribution in [-0.4, -0.2) is 19.8 Å². The molecule has 0 radical (unpaired) electrons. The van der Waals surface area contributed by atoms with Gasteiger partial charge in [0.25, 0.3) is 0 Å². The van der Waals surface area contributed by atoms with Crippen molar-refractivity contribution in [1.82, 2.24) is 5.32 Å². The molecule has 112 valence electrons. The van der Waals surface area contributed by atoms with Crippen molar-refractivity contribution in [2.45, 2.75) is 38.1 Å². The van der Waals surface area contributed by atoms with Gasteiger partial charge in [-0.25, -0.2) is 0 Å².